The van der Waals surface area contributed by atoms with Gasteiger partial charge in [-0.05, 0) is 70.6 Å². The van der Waals surface area contributed by atoms with E-state index in [4.69, 9.17) is 9.05 Å². The quantitative estimate of drug-likeness (QED) is 0.0244. The number of carbonyl (C=O) groups is 1. The van der Waals surface area contributed by atoms with Crippen LogP contribution in [0.4, 0.5) is 0 Å². The molecule has 0 rings (SSSR count). The van der Waals surface area contributed by atoms with Crippen molar-refractivity contribution in [3.8, 4) is 0 Å². The van der Waals surface area contributed by atoms with E-state index in [1.165, 1.54) is 135 Å². The number of aliphatic hydroxyl groups excluding tert-OH is 1. The number of nitrogens with zero attached hydrogens (tertiary/aromatic N) is 1. The molecule has 350 valence electrons. The number of quaternary nitrogens is 1. The molecule has 0 bridgehead atoms. The molecule has 1 amide bonds. The van der Waals surface area contributed by atoms with Crippen molar-refractivity contribution in [2.45, 2.75) is 219 Å². The smallest absolute Gasteiger partial charge is 0.387 e. The Hall–Kier alpha value is -1.80. The van der Waals surface area contributed by atoms with E-state index in [9.17, 15) is 19.4 Å². The monoisotopic (exact) mass is 864 g/mol. The Kier molecular flexibility index (Phi) is 41.2. The molecule has 0 aromatic carbocycles. The molecule has 0 aliphatic carbocycles. The molecular weight excluding hydrogens is 768 g/mol. The first kappa shape index (κ1) is 58.2. The van der Waals surface area contributed by atoms with Crippen LogP contribution in [0.1, 0.15) is 206 Å². The van der Waals surface area contributed by atoms with Crippen molar-refractivity contribution in [1.82, 2.24) is 5.32 Å². The average Bonchev–Trinajstić information content (AvgIpc) is 3.20. The van der Waals surface area contributed by atoms with Gasteiger partial charge in [-0.2, -0.15) is 0 Å². The highest BCUT2D eigenvalue weighted by Crippen LogP contribution is 2.43. The molecule has 3 unspecified atom stereocenters. The van der Waals surface area contributed by atoms with Crippen LogP contribution in [0.25, 0.3) is 0 Å². The van der Waals surface area contributed by atoms with E-state index in [0.29, 0.717) is 17.4 Å². The number of amides is 1. The van der Waals surface area contributed by atoms with Crippen molar-refractivity contribution in [2.24, 2.45) is 0 Å². The second-order valence-corrected chi connectivity index (χ2v) is 19.3. The fraction of sp³-hybridized carbons (Fsp3) is 0.784. The molecule has 0 saturated carbocycles. The van der Waals surface area contributed by atoms with E-state index >= 15 is 0 Å². The minimum absolute atomic E-state index is 0.0532. The summed E-state index contributed by atoms with van der Waals surface area (Å²) in [5.41, 5.74) is 0. The summed E-state index contributed by atoms with van der Waals surface area (Å²) >= 11 is 0. The number of nitrogens with one attached hydrogen (secondary N) is 1. The molecule has 0 spiro atoms. The lowest BCUT2D eigenvalue weighted by atomic mass is 10.0. The van der Waals surface area contributed by atoms with Crippen molar-refractivity contribution in [2.75, 3.05) is 40.9 Å². The van der Waals surface area contributed by atoms with Crippen LogP contribution in [-0.4, -0.2) is 73.4 Å². The molecular formula is C51H96N2O6P+. The van der Waals surface area contributed by atoms with Gasteiger partial charge in [0, 0.05) is 6.42 Å². The van der Waals surface area contributed by atoms with E-state index in [1.807, 2.05) is 27.2 Å². The summed E-state index contributed by atoms with van der Waals surface area (Å²) in [7, 11) is 1.55. The lowest BCUT2D eigenvalue weighted by molar-refractivity contribution is -0.870. The number of rotatable bonds is 44. The van der Waals surface area contributed by atoms with E-state index < -0.39 is 20.0 Å². The molecule has 0 aliphatic heterocycles. The van der Waals surface area contributed by atoms with Crippen molar-refractivity contribution >= 4 is 13.7 Å². The number of phosphoric ester groups is 1. The van der Waals surface area contributed by atoms with E-state index in [1.54, 1.807) is 6.08 Å². The van der Waals surface area contributed by atoms with Crippen LogP contribution in [-0.2, 0) is 18.4 Å². The van der Waals surface area contributed by atoms with Gasteiger partial charge in [0.1, 0.15) is 13.2 Å². The predicted octanol–water partition coefficient (Wildman–Crippen LogP) is 14.2. The second-order valence-electron chi connectivity index (χ2n) is 17.8. The summed E-state index contributed by atoms with van der Waals surface area (Å²) in [6, 6.07) is -0.866. The Bertz CT molecular complexity index is 1160. The summed E-state index contributed by atoms with van der Waals surface area (Å²) in [4.78, 5) is 23.2. The summed E-state index contributed by atoms with van der Waals surface area (Å²) in [6.07, 6.45) is 55.9. The third-order valence-corrected chi connectivity index (χ3v) is 11.7. The lowest BCUT2D eigenvalue weighted by Gasteiger charge is -2.25. The van der Waals surface area contributed by atoms with Gasteiger partial charge < -0.3 is 19.8 Å². The standard InChI is InChI=1S/C51H95N2O6P/c1-6-8-10-12-14-16-18-20-21-22-23-24-25-26-27-28-29-30-31-33-35-37-39-41-43-45-51(55)52-49(48-59-60(56,57)58-47-46-53(3,4)5)50(54)44-42-40-38-36-34-32-19-17-15-13-11-9-7-2/h18,20,22-23,25-26,34,36,42,44,49-50,54H,6-17,19,21,24,27-33,35,37-41,43,45-48H2,1-5H3,(H-,52,55,56,57)/p+1/b20-18-,23-22-,26-25-,36-34+,44-42+. The molecule has 60 heavy (non-hydrogen) atoms. The van der Waals surface area contributed by atoms with Gasteiger partial charge in [-0.15, -0.1) is 0 Å². The Labute approximate surface area is 371 Å². The molecule has 0 aliphatic rings. The highest BCUT2D eigenvalue weighted by Gasteiger charge is 2.27. The van der Waals surface area contributed by atoms with Gasteiger partial charge >= 0.3 is 7.82 Å². The molecule has 0 aromatic heterocycles. The third-order valence-electron chi connectivity index (χ3n) is 10.7. The van der Waals surface area contributed by atoms with Crippen LogP contribution >= 0.6 is 7.82 Å². The largest absolute Gasteiger partial charge is 0.472 e. The zero-order chi connectivity index (χ0) is 44.3. The zero-order valence-corrected chi connectivity index (χ0v) is 40.6. The predicted molar refractivity (Wildman–Crippen MR) is 258 cm³/mol. The van der Waals surface area contributed by atoms with E-state index in [-0.39, 0.29) is 19.1 Å². The number of allylic oxidation sites excluding steroid dienone is 9. The maximum atomic E-state index is 12.9. The Morgan fingerprint density at radius 2 is 0.967 bits per heavy atom. The van der Waals surface area contributed by atoms with Gasteiger partial charge in [0.15, 0.2) is 0 Å². The van der Waals surface area contributed by atoms with Gasteiger partial charge in [-0.25, -0.2) is 4.57 Å². The summed E-state index contributed by atoms with van der Waals surface area (Å²) in [6.45, 7) is 4.76. The molecule has 0 aromatic rings. The van der Waals surface area contributed by atoms with Gasteiger partial charge in [0.05, 0.1) is 39.9 Å². The first-order valence-corrected chi connectivity index (χ1v) is 26.2. The van der Waals surface area contributed by atoms with E-state index in [0.717, 1.165) is 51.4 Å². The first-order valence-electron chi connectivity index (χ1n) is 24.7. The maximum Gasteiger partial charge on any atom is 0.472 e. The Balaban J connectivity index is 4.29. The number of likely N-dealkylation sites (N-methyl/N-ethyl adjacent to an activating group) is 1. The molecule has 8 nitrogen and oxygen atoms in total. The van der Waals surface area contributed by atoms with Crippen LogP contribution in [0, 0.1) is 0 Å². The fourth-order valence-corrected chi connectivity index (χ4v) is 7.50. The number of hydrogen-bond acceptors (Lipinski definition) is 5. The highest BCUT2D eigenvalue weighted by molar-refractivity contribution is 7.47. The number of unbranched alkanes of at least 4 members (excludes halogenated alkanes) is 23. The van der Waals surface area contributed by atoms with Crippen molar-refractivity contribution in [3.05, 3.63) is 60.8 Å². The minimum atomic E-state index is -4.35. The summed E-state index contributed by atoms with van der Waals surface area (Å²) in [5, 5.41) is 13.8. The minimum Gasteiger partial charge on any atom is -0.387 e. The number of carbonyl (C=O) groups excluding carboxylic acids is 1. The lowest BCUT2D eigenvalue weighted by Crippen LogP contribution is -2.45. The van der Waals surface area contributed by atoms with E-state index in [2.05, 4.69) is 67.8 Å². The average molecular weight is 864 g/mol. The molecule has 0 radical (unpaired) electrons. The third kappa shape index (κ3) is 44.3. The first-order chi connectivity index (χ1) is 29.0. The normalized spacial score (nSPS) is 14.7. The molecule has 3 N–H and O–H groups in total. The molecule has 0 fully saturated rings. The van der Waals surface area contributed by atoms with Crippen LogP contribution < -0.4 is 5.32 Å². The fourth-order valence-electron chi connectivity index (χ4n) is 6.77. The Morgan fingerprint density at radius 1 is 0.567 bits per heavy atom. The SMILES string of the molecule is CCCCCCC/C=C\C/C=C\C/C=C\CCCCCCCCCCCCC(=O)NC(COP(=O)(O)OCC[N+](C)(C)C)C(O)/C=C/CC/C=C/CCCCCCCCC. The number of phosphoric acid groups is 1. The van der Waals surface area contributed by atoms with Gasteiger partial charge in [0.25, 0.3) is 0 Å². The van der Waals surface area contributed by atoms with Crippen molar-refractivity contribution in [1.29, 1.82) is 0 Å². The van der Waals surface area contributed by atoms with Crippen LogP contribution in [0.3, 0.4) is 0 Å². The Morgan fingerprint density at radius 3 is 1.45 bits per heavy atom. The highest BCUT2D eigenvalue weighted by atomic mass is 31.2. The summed E-state index contributed by atoms with van der Waals surface area (Å²) in [5.74, 6) is -0.194. The zero-order valence-electron chi connectivity index (χ0n) is 39.7. The molecule has 3 atom stereocenters. The van der Waals surface area contributed by atoms with Gasteiger partial charge in [-0.1, -0.05) is 190 Å². The van der Waals surface area contributed by atoms with Crippen LogP contribution in [0.2, 0.25) is 0 Å². The number of aliphatic hydroxyl groups is 1. The second kappa shape index (κ2) is 42.5. The summed E-state index contributed by atoms with van der Waals surface area (Å²) < 4.78 is 23.6. The maximum absolute atomic E-state index is 12.9. The van der Waals surface area contributed by atoms with Gasteiger partial charge in [0.2, 0.25) is 5.91 Å². The molecule has 9 heteroatoms. The van der Waals surface area contributed by atoms with Crippen molar-refractivity contribution in [3.63, 3.8) is 0 Å². The number of hydrogen-bond donors (Lipinski definition) is 3. The van der Waals surface area contributed by atoms with Crippen LogP contribution in [0.5, 0.6) is 0 Å². The molecule has 0 heterocycles. The molecule has 0 saturated heterocycles. The van der Waals surface area contributed by atoms with Crippen LogP contribution in [0.15, 0.2) is 60.8 Å². The van der Waals surface area contributed by atoms with Crippen molar-refractivity contribution < 1.29 is 32.9 Å². The van der Waals surface area contributed by atoms with Gasteiger partial charge in [-0.3, -0.25) is 13.8 Å². The topological polar surface area (TPSA) is 105 Å².